The maximum absolute atomic E-state index is 12.8. The Labute approximate surface area is 187 Å². The zero-order valence-electron chi connectivity index (χ0n) is 19.7. The Bertz CT molecular complexity index is 828. The monoisotopic (exact) mass is 423 g/mol. The zero-order chi connectivity index (χ0) is 22.4. The smallest absolute Gasteiger partial charge is 0.416 e. The predicted molar refractivity (Wildman–Crippen MR) is 126 cm³/mol. The highest BCUT2D eigenvalue weighted by Gasteiger charge is 2.27. The van der Waals surface area contributed by atoms with Gasteiger partial charge in [-0.05, 0) is 63.3 Å². The van der Waals surface area contributed by atoms with Crippen molar-refractivity contribution in [2.24, 2.45) is 5.92 Å². The van der Waals surface area contributed by atoms with Gasteiger partial charge in [0.15, 0.2) is 0 Å². The van der Waals surface area contributed by atoms with Crippen LogP contribution in [0.25, 0.3) is 0 Å². The van der Waals surface area contributed by atoms with Gasteiger partial charge in [0.2, 0.25) is 0 Å². The van der Waals surface area contributed by atoms with Crippen LogP contribution in [-0.2, 0) is 11.3 Å². The third kappa shape index (κ3) is 6.79. The van der Waals surface area contributed by atoms with E-state index in [-0.39, 0.29) is 6.09 Å². The molecule has 1 aromatic carbocycles. The molecule has 0 spiro atoms. The average molecular weight is 424 g/mol. The van der Waals surface area contributed by atoms with Crippen molar-refractivity contribution in [3.05, 3.63) is 59.8 Å². The zero-order valence-corrected chi connectivity index (χ0v) is 19.7. The van der Waals surface area contributed by atoms with Crippen LogP contribution in [0.5, 0.6) is 0 Å². The summed E-state index contributed by atoms with van der Waals surface area (Å²) in [5, 5.41) is 0. The SMILES string of the molecule is CC(C)CN(C(=O)OC(C)(C)C)c1ccc(C2CCCCN2Cc2ccccc2)cn1. The van der Waals surface area contributed by atoms with Gasteiger partial charge in [-0.25, -0.2) is 9.78 Å². The second-order valence-electron chi connectivity index (χ2n) is 9.90. The first-order valence-corrected chi connectivity index (χ1v) is 11.5. The largest absolute Gasteiger partial charge is 0.443 e. The molecule has 0 N–H and O–H groups in total. The number of aromatic nitrogens is 1. The molecule has 1 aliphatic rings. The molecule has 1 fully saturated rings. The molecular formula is C26H37N3O2. The Balaban J connectivity index is 1.77. The first-order chi connectivity index (χ1) is 14.7. The second-order valence-corrected chi connectivity index (χ2v) is 9.90. The lowest BCUT2D eigenvalue weighted by Crippen LogP contribution is -2.39. The quantitative estimate of drug-likeness (QED) is 0.554. The minimum absolute atomic E-state index is 0.314. The van der Waals surface area contributed by atoms with Gasteiger partial charge in [-0.1, -0.05) is 56.7 Å². The molecule has 2 heterocycles. The summed E-state index contributed by atoms with van der Waals surface area (Å²) in [6.45, 7) is 12.5. The van der Waals surface area contributed by atoms with Crippen LogP contribution in [0, 0.1) is 5.92 Å². The Morgan fingerprint density at radius 3 is 2.52 bits per heavy atom. The molecule has 1 unspecified atom stereocenters. The Hall–Kier alpha value is -2.40. The molecule has 3 rings (SSSR count). The molecule has 1 amide bonds. The molecule has 0 saturated carbocycles. The number of hydrogen-bond donors (Lipinski definition) is 0. The minimum atomic E-state index is -0.535. The molecular weight excluding hydrogens is 386 g/mol. The van der Waals surface area contributed by atoms with Crippen LogP contribution in [0.2, 0.25) is 0 Å². The third-order valence-corrected chi connectivity index (χ3v) is 5.44. The average Bonchev–Trinajstić information content (AvgIpc) is 2.72. The summed E-state index contributed by atoms with van der Waals surface area (Å²) < 4.78 is 5.62. The number of anilines is 1. The van der Waals surface area contributed by atoms with Gasteiger partial charge in [0, 0.05) is 25.3 Å². The molecule has 1 atom stereocenters. The van der Waals surface area contributed by atoms with E-state index in [1.807, 2.05) is 33.0 Å². The number of likely N-dealkylation sites (tertiary alicyclic amines) is 1. The highest BCUT2D eigenvalue weighted by molar-refractivity contribution is 5.86. The number of hydrogen-bond acceptors (Lipinski definition) is 4. The molecule has 168 valence electrons. The van der Waals surface area contributed by atoms with Crippen molar-refractivity contribution >= 4 is 11.9 Å². The summed E-state index contributed by atoms with van der Waals surface area (Å²) in [6, 6.07) is 15.1. The highest BCUT2D eigenvalue weighted by Crippen LogP contribution is 2.32. The normalized spacial score (nSPS) is 17.5. The fraction of sp³-hybridized carbons (Fsp3) is 0.538. The molecule has 0 aliphatic carbocycles. The molecule has 2 aromatic rings. The van der Waals surface area contributed by atoms with E-state index < -0.39 is 5.60 Å². The van der Waals surface area contributed by atoms with Crippen molar-refractivity contribution in [2.45, 2.75) is 72.1 Å². The number of carbonyl (C=O) groups excluding carboxylic acids is 1. The Morgan fingerprint density at radius 2 is 1.90 bits per heavy atom. The number of pyridine rings is 1. The Morgan fingerprint density at radius 1 is 1.16 bits per heavy atom. The standard InChI is InChI=1S/C26H37N3O2/c1-20(2)18-29(25(30)31-26(3,4)5)24-15-14-22(17-27-24)23-13-9-10-16-28(23)19-21-11-7-6-8-12-21/h6-8,11-12,14-15,17,20,23H,9-10,13,16,18-19H2,1-5H3. The highest BCUT2D eigenvalue weighted by atomic mass is 16.6. The number of carbonyl (C=O) groups is 1. The van der Waals surface area contributed by atoms with Crippen molar-refractivity contribution in [2.75, 3.05) is 18.0 Å². The van der Waals surface area contributed by atoms with Gasteiger partial charge in [0.05, 0.1) is 0 Å². The first-order valence-electron chi connectivity index (χ1n) is 11.5. The van der Waals surface area contributed by atoms with E-state index in [0.29, 0.717) is 24.3 Å². The predicted octanol–water partition coefficient (Wildman–Crippen LogP) is 6.21. The lowest BCUT2D eigenvalue weighted by Gasteiger charge is -2.36. The van der Waals surface area contributed by atoms with Crippen LogP contribution >= 0.6 is 0 Å². The van der Waals surface area contributed by atoms with Gasteiger partial charge in [-0.3, -0.25) is 9.80 Å². The molecule has 0 radical (unpaired) electrons. The summed E-state index contributed by atoms with van der Waals surface area (Å²) in [7, 11) is 0. The van der Waals surface area contributed by atoms with E-state index in [9.17, 15) is 4.79 Å². The second kappa shape index (κ2) is 10.3. The van der Waals surface area contributed by atoms with Crippen LogP contribution in [-0.4, -0.2) is 34.7 Å². The van der Waals surface area contributed by atoms with Gasteiger partial charge in [-0.15, -0.1) is 0 Å². The topological polar surface area (TPSA) is 45.7 Å². The van der Waals surface area contributed by atoms with E-state index in [1.54, 1.807) is 4.90 Å². The minimum Gasteiger partial charge on any atom is -0.443 e. The first kappa shape index (κ1) is 23.3. The summed E-state index contributed by atoms with van der Waals surface area (Å²) in [5.74, 6) is 0.964. The summed E-state index contributed by atoms with van der Waals surface area (Å²) in [4.78, 5) is 21.7. The lowest BCUT2D eigenvalue weighted by atomic mass is 9.95. The maximum atomic E-state index is 12.8. The van der Waals surface area contributed by atoms with E-state index in [1.165, 1.54) is 24.0 Å². The van der Waals surface area contributed by atoms with Crippen molar-refractivity contribution in [3.8, 4) is 0 Å². The molecule has 0 bridgehead atoms. The van der Waals surface area contributed by atoms with Gasteiger partial charge in [-0.2, -0.15) is 0 Å². The maximum Gasteiger partial charge on any atom is 0.416 e. The van der Waals surface area contributed by atoms with E-state index >= 15 is 0 Å². The van der Waals surface area contributed by atoms with Gasteiger partial charge in [0.25, 0.3) is 0 Å². The van der Waals surface area contributed by atoms with E-state index in [4.69, 9.17) is 9.72 Å². The lowest BCUT2D eigenvalue weighted by molar-refractivity contribution is 0.0575. The molecule has 1 aromatic heterocycles. The van der Waals surface area contributed by atoms with E-state index in [2.05, 4.69) is 55.1 Å². The molecule has 31 heavy (non-hydrogen) atoms. The number of nitrogens with zero attached hydrogens (tertiary/aromatic N) is 3. The summed E-state index contributed by atoms with van der Waals surface area (Å²) in [6.07, 6.45) is 5.20. The van der Waals surface area contributed by atoms with Crippen LogP contribution < -0.4 is 4.90 Å². The number of rotatable bonds is 6. The number of benzene rings is 1. The third-order valence-electron chi connectivity index (χ3n) is 5.44. The molecule has 1 aliphatic heterocycles. The molecule has 5 nitrogen and oxygen atoms in total. The summed E-state index contributed by atoms with van der Waals surface area (Å²) in [5.41, 5.74) is 2.02. The van der Waals surface area contributed by atoms with E-state index in [0.717, 1.165) is 19.5 Å². The van der Waals surface area contributed by atoms with Crippen LogP contribution in [0.4, 0.5) is 10.6 Å². The van der Waals surface area contributed by atoms with Crippen molar-refractivity contribution in [1.82, 2.24) is 9.88 Å². The fourth-order valence-corrected chi connectivity index (χ4v) is 4.07. The molecule has 1 saturated heterocycles. The van der Waals surface area contributed by atoms with Crippen molar-refractivity contribution in [3.63, 3.8) is 0 Å². The van der Waals surface area contributed by atoms with Crippen LogP contribution in [0.1, 0.15) is 71.0 Å². The number of ether oxygens (including phenoxy) is 1. The molecule has 5 heteroatoms. The number of piperidine rings is 1. The van der Waals surface area contributed by atoms with Gasteiger partial charge >= 0.3 is 6.09 Å². The summed E-state index contributed by atoms with van der Waals surface area (Å²) >= 11 is 0. The Kier molecular flexibility index (Phi) is 7.71. The van der Waals surface area contributed by atoms with Crippen LogP contribution in [0.15, 0.2) is 48.7 Å². The van der Waals surface area contributed by atoms with Crippen LogP contribution in [0.3, 0.4) is 0 Å². The van der Waals surface area contributed by atoms with Crippen molar-refractivity contribution < 1.29 is 9.53 Å². The van der Waals surface area contributed by atoms with Gasteiger partial charge < -0.3 is 4.74 Å². The fourth-order valence-electron chi connectivity index (χ4n) is 4.07. The van der Waals surface area contributed by atoms with Crippen molar-refractivity contribution in [1.29, 1.82) is 0 Å². The number of amides is 1. The van der Waals surface area contributed by atoms with Gasteiger partial charge in [0.1, 0.15) is 11.4 Å².